The minimum absolute atomic E-state index is 0.283. The molecule has 0 heterocycles. The fraction of sp³-hybridized carbons (Fsp3) is 0.100. The van der Waals surface area contributed by atoms with Gasteiger partial charge in [-0.3, -0.25) is 0 Å². The van der Waals surface area contributed by atoms with Crippen LogP contribution < -0.4 is 9.47 Å². The highest BCUT2D eigenvalue weighted by atomic mass is 19.1. The molecule has 0 radical (unpaired) electrons. The van der Waals surface area contributed by atoms with E-state index in [2.05, 4.69) is 177 Å². The summed E-state index contributed by atoms with van der Waals surface area (Å²) >= 11 is 0. The molecule has 0 spiro atoms. The molecule has 0 saturated carbocycles. The molecule has 0 fully saturated rings. The zero-order valence-electron chi connectivity index (χ0n) is 59.5. The fourth-order valence-electron chi connectivity index (χ4n) is 16.4. The maximum absolute atomic E-state index is 16.5. The predicted octanol–water partition coefficient (Wildman–Crippen LogP) is 26.3. The van der Waals surface area contributed by atoms with Gasteiger partial charge in [-0.2, -0.15) is 0 Å². The average molecular weight is 1390 g/mol. The monoisotopic (exact) mass is 1380 g/mol. The van der Waals surface area contributed by atoms with E-state index in [-0.39, 0.29) is 29.2 Å². The van der Waals surface area contributed by atoms with E-state index in [0.717, 1.165) is 134 Å². The minimum atomic E-state index is -1.01. The molecule has 16 rings (SSSR count). The van der Waals surface area contributed by atoms with Crippen molar-refractivity contribution in [2.24, 2.45) is 0 Å². The largest absolute Gasteiger partial charge is 0.457 e. The second-order valence-corrected chi connectivity index (χ2v) is 28.2. The Balaban J connectivity index is 0.762. The van der Waals surface area contributed by atoms with Crippen molar-refractivity contribution in [1.29, 1.82) is 0 Å². The van der Waals surface area contributed by atoms with Crippen LogP contribution >= 0.6 is 0 Å². The molecule has 2 aliphatic carbocycles. The van der Waals surface area contributed by atoms with Crippen LogP contribution in [-0.2, 0) is 23.7 Å². The van der Waals surface area contributed by atoms with Crippen molar-refractivity contribution in [3.8, 4) is 56.4 Å². The first-order valence-corrected chi connectivity index (χ1v) is 36.1. The van der Waals surface area contributed by atoms with Gasteiger partial charge in [0.1, 0.15) is 46.3 Å². The molecular formula is C100H76F4O2. The number of benzene rings is 14. The van der Waals surface area contributed by atoms with Gasteiger partial charge >= 0.3 is 0 Å². The van der Waals surface area contributed by atoms with E-state index in [1.807, 2.05) is 123 Å². The van der Waals surface area contributed by atoms with E-state index in [9.17, 15) is 0 Å². The Bertz CT molecular complexity index is 5740. The Labute approximate surface area is 618 Å². The summed E-state index contributed by atoms with van der Waals surface area (Å²) in [7, 11) is 0. The van der Waals surface area contributed by atoms with Crippen LogP contribution in [-0.4, -0.2) is 0 Å². The summed E-state index contributed by atoms with van der Waals surface area (Å²) in [6.45, 7) is 19.6. The molecule has 0 N–H and O–H groups in total. The van der Waals surface area contributed by atoms with Crippen LogP contribution in [0.15, 0.2) is 323 Å². The van der Waals surface area contributed by atoms with Crippen LogP contribution in [0.1, 0.15) is 137 Å². The minimum Gasteiger partial charge on any atom is -0.457 e. The Kier molecular flexibility index (Phi) is 18.0. The highest BCUT2D eigenvalue weighted by Gasteiger charge is 2.49. The van der Waals surface area contributed by atoms with Crippen molar-refractivity contribution in [2.45, 2.75) is 63.2 Å². The predicted molar refractivity (Wildman–Crippen MR) is 425 cm³/mol. The maximum atomic E-state index is 16.5. The van der Waals surface area contributed by atoms with E-state index >= 15 is 17.6 Å². The third-order valence-electron chi connectivity index (χ3n) is 21.9. The van der Waals surface area contributed by atoms with Gasteiger partial charge in [-0.15, -0.1) is 0 Å². The van der Waals surface area contributed by atoms with Crippen molar-refractivity contribution >= 4 is 17.7 Å². The van der Waals surface area contributed by atoms with E-state index in [4.69, 9.17) is 9.47 Å². The van der Waals surface area contributed by atoms with Crippen LogP contribution in [0.4, 0.5) is 17.6 Å². The second kappa shape index (κ2) is 28.0. The zero-order chi connectivity index (χ0) is 73.0. The second-order valence-electron chi connectivity index (χ2n) is 28.2. The molecule has 0 aliphatic heterocycles. The van der Waals surface area contributed by atoms with Gasteiger partial charge in [-0.1, -0.05) is 257 Å². The lowest BCUT2D eigenvalue weighted by Crippen LogP contribution is -2.29. The molecular weight excluding hydrogens is 1310 g/mol. The van der Waals surface area contributed by atoms with Crippen molar-refractivity contribution in [1.82, 2.24) is 0 Å². The van der Waals surface area contributed by atoms with Crippen molar-refractivity contribution in [2.75, 3.05) is 0 Å². The lowest BCUT2D eigenvalue weighted by atomic mass is 9.66. The maximum Gasteiger partial charge on any atom is 0.127 e. The number of ether oxygens (including phenoxy) is 2. The van der Waals surface area contributed by atoms with Crippen molar-refractivity contribution < 1.29 is 27.0 Å². The lowest BCUT2D eigenvalue weighted by molar-refractivity contribution is 0.482. The Morgan fingerprint density at radius 1 is 0.377 bits per heavy atom. The summed E-state index contributed by atoms with van der Waals surface area (Å²) in [6.07, 6.45) is 4.77. The fourth-order valence-corrected chi connectivity index (χ4v) is 16.4. The Morgan fingerprint density at radius 3 is 1.28 bits per heavy atom. The van der Waals surface area contributed by atoms with Gasteiger partial charge in [0, 0.05) is 11.8 Å². The summed E-state index contributed by atoms with van der Waals surface area (Å²) in [5.41, 5.74) is 22.6. The van der Waals surface area contributed by atoms with Crippen molar-refractivity contribution in [3.63, 3.8) is 0 Å². The number of aryl methyl sites for hydroxylation is 3. The Morgan fingerprint density at radius 2 is 0.783 bits per heavy atom. The van der Waals surface area contributed by atoms with E-state index in [0.29, 0.717) is 52.5 Å². The molecule has 0 aromatic heterocycles. The third kappa shape index (κ3) is 12.3. The molecule has 14 aromatic carbocycles. The van der Waals surface area contributed by atoms with Crippen LogP contribution in [0.25, 0.3) is 51.1 Å². The summed E-state index contributed by atoms with van der Waals surface area (Å²) in [5, 5.41) is 0. The normalized spacial score (nSPS) is 15.2. The van der Waals surface area contributed by atoms with Gasteiger partial charge in [0.25, 0.3) is 0 Å². The molecule has 4 unspecified atom stereocenters. The smallest absolute Gasteiger partial charge is 0.127 e. The number of fused-ring (bicyclic) bond motifs is 6. The first-order valence-electron chi connectivity index (χ1n) is 36.1. The van der Waals surface area contributed by atoms with Gasteiger partial charge < -0.3 is 9.47 Å². The topological polar surface area (TPSA) is 18.5 Å². The van der Waals surface area contributed by atoms with Crippen LogP contribution in [0.5, 0.6) is 23.0 Å². The highest BCUT2D eigenvalue weighted by molar-refractivity contribution is 5.89. The number of allylic oxidation sites excluding steroid dienone is 1. The molecule has 0 saturated heterocycles. The molecule has 0 bridgehead atoms. The summed E-state index contributed by atoms with van der Waals surface area (Å²) in [5.74, 6) is 0.699. The number of hydrogen-bond donors (Lipinski definition) is 0. The lowest BCUT2D eigenvalue weighted by Gasteiger charge is -2.35. The highest BCUT2D eigenvalue weighted by Crippen LogP contribution is 2.60. The van der Waals surface area contributed by atoms with Crippen LogP contribution in [0.2, 0.25) is 0 Å². The van der Waals surface area contributed by atoms with Gasteiger partial charge in [-0.05, 0) is 269 Å². The number of halogens is 4. The van der Waals surface area contributed by atoms with E-state index in [1.54, 1.807) is 62.4 Å². The van der Waals surface area contributed by atoms with Crippen LogP contribution in [0, 0.1) is 37.1 Å². The molecule has 0 amide bonds. The molecule has 106 heavy (non-hydrogen) atoms. The number of rotatable bonds is 20. The SMILES string of the molecule is C=Cc1ccc(Oc2ccc(C3(c4cc(F)cc(C(=C)C)c4)c4ccccc4-c4ccc(C(Cc5ccc(-c6ccc(C(c7ccc(C)c(F)c7)c7ccc8c(c7)C(c7ccc(Oc9ccc(C=C)cc9)cc7)(c7cc(F)cc(CC)c7)c7ccccc7-8)cc6)cc5)c5ccc(C)c(F)c5)cc43)cc2)cc1. The summed E-state index contributed by atoms with van der Waals surface area (Å²) in [4.78, 5) is 0. The quantitative estimate of drug-likeness (QED) is 0.0559. The summed E-state index contributed by atoms with van der Waals surface area (Å²) in [6, 6.07) is 101. The molecule has 4 atom stereocenters. The van der Waals surface area contributed by atoms with Crippen LogP contribution in [0.3, 0.4) is 0 Å². The zero-order valence-corrected chi connectivity index (χ0v) is 59.5. The first-order chi connectivity index (χ1) is 51.6. The molecule has 2 nitrogen and oxygen atoms in total. The average Bonchev–Trinajstić information content (AvgIpc) is 1.53. The van der Waals surface area contributed by atoms with Crippen molar-refractivity contribution in [3.05, 3.63) is 458 Å². The Hall–Kier alpha value is -12.4. The van der Waals surface area contributed by atoms with Gasteiger partial charge in [0.05, 0.1) is 10.8 Å². The molecule has 2 aliphatic rings. The van der Waals surface area contributed by atoms with E-state index < -0.39 is 16.7 Å². The van der Waals surface area contributed by atoms with Gasteiger partial charge in [-0.25, -0.2) is 17.6 Å². The molecule has 516 valence electrons. The first kappa shape index (κ1) is 68.1. The van der Waals surface area contributed by atoms with E-state index in [1.165, 1.54) is 0 Å². The number of hydrogen-bond acceptors (Lipinski definition) is 2. The summed E-state index contributed by atoms with van der Waals surface area (Å²) < 4.78 is 77.9. The van der Waals surface area contributed by atoms with Gasteiger partial charge in [0.2, 0.25) is 0 Å². The standard InChI is InChI=1S/C100H76F4O2/c1-8-65-23-41-83(42-24-65)105-85-45-37-77(38-46-85)99(79-51-67(10-3)52-81(101)60-79)92-17-13-11-16-88(92)90-50-36-74(57-95(90)99)98(75-28-20-64(7)97(104)59-75)71-33-31-70(32-34-71)69-29-21-68(22-30-69)53-91(73-27-19-63(6)96(103)58-73)72-35-49-89-87-15-12-14-18-93(87)100(94(89)56-72,80-54-76(62(4)5)55-82(102)61-80)78-39-47-86(48-40-78)106-84-43-25-66(9-2)26-44-84/h8-9,11-52,54-61,91,98H,1-2,4,10,53H2,3,5-7H3. The molecule has 14 aromatic rings. The van der Waals surface area contributed by atoms with Gasteiger partial charge in [0.15, 0.2) is 0 Å². The molecule has 6 heteroatoms. The third-order valence-corrected chi connectivity index (χ3v) is 21.9.